The van der Waals surface area contributed by atoms with Crippen LogP contribution < -0.4 is 5.43 Å². The van der Waals surface area contributed by atoms with Gasteiger partial charge in [-0.3, -0.25) is 19.7 Å². The molecule has 1 aromatic heterocycles. The van der Waals surface area contributed by atoms with Crippen molar-refractivity contribution in [1.82, 2.24) is 4.68 Å². The Balaban J connectivity index is 1.98. The lowest BCUT2D eigenvalue weighted by molar-refractivity contribution is -0.136. The topological polar surface area (TPSA) is 71.3 Å². The van der Waals surface area contributed by atoms with Crippen LogP contribution in [0.15, 0.2) is 65.1 Å². The maximum Gasteiger partial charge on any atom is 0.303 e. The van der Waals surface area contributed by atoms with Crippen molar-refractivity contribution < 1.29 is 19.1 Å². The molecular weight excluding hydrogens is 415 g/mol. The SMILES string of the molecule is O=C(O)CCc1ccc(-c2ccc(F)cc2)n1NC(=O)c1ccccc1Br. The first-order valence-corrected chi connectivity index (χ1v) is 8.99. The predicted octanol–water partition coefficient (Wildman–Crippen LogP) is 4.46. The number of nitrogens with one attached hydrogen (secondary N) is 1. The van der Waals surface area contributed by atoms with Crippen molar-refractivity contribution in [2.24, 2.45) is 0 Å². The molecule has 0 atom stereocenters. The number of carboxylic acid groups (broad SMARTS) is 1. The van der Waals surface area contributed by atoms with Gasteiger partial charge in [0.2, 0.25) is 0 Å². The molecule has 0 bridgehead atoms. The number of carbonyl (C=O) groups excluding carboxylic acids is 1. The zero-order chi connectivity index (χ0) is 19.4. The van der Waals surface area contributed by atoms with Gasteiger partial charge < -0.3 is 5.11 Å². The largest absolute Gasteiger partial charge is 0.481 e. The zero-order valence-corrected chi connectivity index (χ0v) is 15.7. The number of aryl methyl sites for hydroxylation is 1. The molecule has 27 heavy (non-hydrogen) atoms. The van der Waals surface area contributed by atoms with Crippen molar-refractivity contribution in [2.45, 2.75) is 12.8 Å². The van der Waals surface area contributed by atoms with Crippen molar-refractivity contribution in [1.29, 1.82) is 0 Å². The lowest BCUT2D eigenvalue weighted by atomic mass is 10.1. The van der Waals surface area contributed by atoms with E-state index in [1.807, 2.05) is 0 Å². The van der Waals surface area contributed by atoms with E-state index in [9.17, 15) is 14.0 Å². The van der Waals surface area contributed by atoms with E-state index in [4.69, 9.17) is 5.11 Å². The highest BCUT2D eigenvalue weighted by molar-refractivity contribution is 9.10. The average Bonchev–Trinajstić information content (AvgIpc) is 3.03. The van der Waals surface area contributed by atoms with Gasteiger partial charge in [0, 0.05) is 22.2 Å². The molecule has 0 unspecified atom stereocenters. The molecule has 1 heterocycles. The second kappa shape index (κ2) is 8.18. The van der Waals surface area contributed by atoms with E-state index in [0.29, 0.717) is 27.0 Å². The number of carboxylic acids is 1. The monoisotopic (exact) mass is 430 g/mol. The maximum atomic E-state index is 13.2. The van der Waals surface area contributed by atoms with Crippen molar-refractivity contribution in [3.05, 3.63) is 82.2 Å². The van der Waals surface area contributed by atoms with Gasteiger partial charge >= 0.3 is 5.97 Å². The van der Waals surface area contributed by atoms with Crippen molar-refractivity contribution in [3.63, 3.8) is 0 Å². The van der Waals surface area contributed by atoms with Crippen LogP contribution >= 0.6 is 15.9 Å². The second-order valence-corrected chi connectivity index (χ2v) is 6.72. The summed E-state index contributed by atoms with van der Waals surface area (Å²) in [6.07, 6.45) is 0.171. The summed E-state index contributed by atoms with van der Waals surface area (Å²) in [5, 5.41) is 8.97. The number of hydrogen-bond donors (Lipinski definition) is 2. The summed E-state index contributed by atoms with van der Waals surface area (Å²) in [5.41, 5.74) is 5.23. The number of hydrogen-bond acceptors (Lipinski definition) is 2. The fourth-order valence-corrected chi connectivity index (χ4v) is 3.16. The number of aliphatic carboxylic acids is 1. The van der Waals surface area contributed by atoms with Crippen molar-refractivity contribution in [3.8, 4) is 11.3 Å². The molecule has 138 valence electrons. The highest BCUT2D eigenvalue weighted by atomic mass is 79.9. The molecule has 1 amide bonds. The minimum absolute atomic E-state index is 0.0717. The third kappa shape index (κ3) is 4.43. The van der Waals surface area contributed by atoms with Gasteiger partial charge in [-0.05, 0) is 64.5 Å². The van der Waals surface area contributed by atoms with Gasteiger partial charge in [-0.2, -0.15) is 0 Å². The molecule has 0 fully saturated rings. The lowest BCUT2D eigenvalue weighted by Gasteiger charge is -2.15. The molecule has 2 N–H and O–H groups in total. The maximum absolute atomic E-state index is 13.2. The Morgan fingerprint density at radius 2 is 1.74 bits per heavy atom. The predicted molar refractivity (Wildman–Crippen MR) is 104 cm³/mol. The molecule has 3 aromatic rings. The first-order chi connectivity index (χ1) is 13.0. The van der Waals surface area contributed by atoms with Crippen molar-refractivity contribution >= 4 is 27.8 Å². The molecule has 0 aliphatic carbocycles. The van der Waals surface area contributed by atoms with E-state index in [2.05, 4.69) is 21.4 Å². The number of nitrogens with zero attached hydrogens (tertiary/aromatic N) is 1. The fourth-order valence-electron chi connectivity index (χ4n) is 2.69. The zero-order valence-electron chi connectivity index (χ0n) is 14.2. The van der Waals surface area contributed by atoms with E-state index < -0.39 is 5.97 Å². The van der Waals surface area contributed by atoms with Crippen LogP contribution in [0.3, 0.4) is 0 Å². The normalized spacial score (nSPS) is 10.6. The van der Waals surface area contributed by atoms with Gasteiger partial charge in [-0.1, -0.05) is 12.1 Å². The van der Waals surface area contributed by atoms with Gasteiger partial charge in [0.1, 0.15) is 5.82 Å². The van der Waals surface area contributed by atoms with Crippen LogP contribution in [0, 0.1) is 5.82 Å². The first kappa shape index (κ1) is 18.8. The molecule has 0 aliphatic rings. The Hall–Kier alpha value is -2.93. The molecule has 0 saturated carbocycles. The second-order valence-electron chi connectivity index (χ2n) is 5.87. The number of amides is 1. The Bertz CT molecular complexity index is 983. The van der Waals surface area contributed by atoms with Gasteiger partial charge in [-0.15, -0.1) is 0 Å². The number of rotatable bonds is 6. The number of benzene rings is 2. The third-order valence-corrected chi connectivity index (χ3v) is 4.72. The Morgan fingerprint density at radius 3 is 2.41 bits per heavy atom. The Kier molecular flexibility index (Phi) is 5.71. The molecular formula is C20H16BrFN2O3. The molecule has 0 saturated heterocycles. The average molecular weight is 431 g/mol. The summed E-state index contributed by atoms with van der Waals surface area (Å²) >= 11 is 3.35. The summed E-state index contributed by atoms with van der Waals surface area (Å²) in [4.78, 5) is 23.7. The summed E-state index contributed by atoms with van der Waals surface area (Å²) in [7, 11) is 0. The van der Waals surface area contributed by atoms with E-state index in [-0.39, 0.29) is 24.6 Å². The molecule has 7 heteroatoms. The van der Waals surface area contributed by atoms with Gasteiger partial charge in [0.05, 0.1) is 17.7 Å². The standard InChI is InChI=1S/C20H16BrFN2O3/c21-17-4-2-1-3-16(17)20(27)23-24-15(10-12-19(25)26)9-11-18(24)13-5-7-14(22)8-6-13/h1-9,11H,10,12H2,(H,23,27)(H,25,26). The van der Waals surface area contributed by atoms with Gasteiger partial charge in [0.15, 0.2) is 0 Å². The van der Waals surface area contributed by atoms with Crippen molar-refractivity contribution in [2.75, 3.05) is 5.43 Å². The van der Waals surface area contributed by atoms with Crippen LogP contribution in [0.2, 0.25) is 0 Å². The molecule has 5 nitrogen and oxygen atoms in total. The first-order valence-electron chi connectivity index (χ1n) is 8.20. The van der Waals surface area contributed by atoms with E-state index in [1.165, 1.54) is 12.1 Å². The summed E-state index contributed by atoms with van der Waals surface area (Å²) in [6, 6.07) is 16.4. The summed E-state index contributed by atoms with van der Waals surface area (Å²) in [6.45, 7) is 0. The van der Waals surface area contributed by atoms with Gasteiger partial charge in [0.25, 0.3) is 5.91 Å². The molecule has 3 rings (SSSR count). The van der Waals surface area contributed by atoms with Crippen LogP contribution in [0.4, 0.5) is 4.39 Å². The third-order valence-electron chi connectivity index (χ3n) is 4.03. The Morgan fingerprint density at radius 1 is 1.04 bits per heavy atom. The minimum Gasteiger partial charge on any atom is -0.481 e. The number of halogens is 2. The van der Waals surface area contributed by atoms with Crippen LogP contribution in [0.1, 0.15) is 22.5 Å². The molecule has 2 aromatic carbocycles. The van der Waals surface area contributed by atoms with Gasteiger partial charge in [-0.25, -0.2) is 4.39 Å². The lowest BCUT2D eigenvalue weighted by Crippen LogP contribution is -2.25. The number of aromatic nitrogens is 1. The molecule has 0 aliphatic heterocycles. The number of carbonyl (C=O) groups is 2. The van der Waals surface area contributed by atoms with Crippen LogP contribution in [0.5, 0.6) is 0 Å². The molecule has 0 spiro atoms. The van der Waals surface area contributed by atoms with Crippen LogP contribution in [-0.2, 0) is 11.2 Å². The van der Waals surface area contributed by atoms with E-state index in [0.717, 1.165) is 0 Å². The minimum atomic E-state index is -0.928. The van der Waals surface area contributed by atoms with E-state index >= 15 is 0 Å². The fraction of sp³-hybridized carbons (Fsp3) is 0.100. The Labute approximate surface area is 163 Å². The highest BCUT2D eigenvalue weighted by Crippen LogP contribution is 2.24. The summed E-state index contributed by atoms with van der Waals surface area (Å²) in [5.74, 6) is -1.64. The summed E-state index contributed by atoms with van der Waals surface area (Å²) < 4.78 is 15.4. The van der Waals surface area contributed by atoms with Crippen LogP contribution in [-0.4, -0.2) is 21.7 Å². The quantitative estimate of drug-likeness (QED) is 0.606. The molecule has 0 radical (unpaired) electrons. The van der Waals surface area contributed by atoms with E-state index in [1.54, 1.807) is 53.2 Å². The van der Waals surface area contributed by atoms with Crippen LogP contribution in [0.25, 0.3) is 11.3 Å². The highest BCUT2D eigenvalue weighted by Gasteiger charge is 2.16. The smallest absolute Gasteiger partial charge is 0.303 e.